The fourth-order valence-electron chi connectivity index (χ4n) is 6.70. The van der Waals surface area contributed by atoms with Crippen LogP contribution in [0.4, 0.5) is 17.1 Å². The molecule has 48 heavy (non-hydrogen) atoms. The van der Waals surface area contributed by atoms with Gasteiger partial charge in [0.15, 0.2) is 11.5 Å². The number of para-hydroxylation sites is 1. The number of benzene rings is 3. The zero-order valence-corrected chi connectivity index (χ0v) is 29.0. The Morgan fingerprint density at radius 3 is 2.19 bits per heavy atom. The van der Waals surface area contributed by atoms with E-state index in [9.17, 15) is 21.6 Å². The van der Waals surface area contributed by atoms with E-state index in [0.29, 0.717) is 43.0 Å². The predicted octanol–water partition coefficient (Wildman–Crippen LogP) is 5.27. The number of anilines is 3. The van der Waals surface area contributed by atoms with Crippen LogP contribution in [0.5, 0.6) is 11.5 Å². The molecule has 3 aliphatic rings. The van der Waals surface area contributed by atoms with E-state index in [1.807, 2.05) is 12.1 Å². The van der Waals surface area contributed by atoms with Crippen molar-refractivity contribution in [2.75, 3.05) is 61.5 Å². The molecule has 6 rings (SSSR count). The highest BCUT2D eigenvalue weighted by molar-refractivity contribution is 7.93. The summed E-state index contributed by atoms with van der Waals surface area (Å²) < 4.78 is 69.0. The van der Waals surface area contributed by atoms with Gasteiger partial charge in [-0.05, 0) is 92.1 Å². The number of fused-ring (bicyclic) bond motifs is 1. The lowest BCUT2D eigenvalue weighted by Crippen LogP contribution is -2.35. The second kappa shape index (κ2) is 14.2. The molecule has 0 spiro atoms. The molecule has 0 atom stereocenters. The van der Waals surface area contributed by atoms with Crippen LogP contribution >= 0.6 is 0 Å². The summed E-state index contributed by atoms with van der Waals surface area (Å²) in [5.41, 5.74) is 3.14. The first-order valence-electron chi connectivity index (χ1n) is 16.4. The zero-order valence-electron chi connectivity index (χ0n) is 27.4. The summed E-state index contributed by atoms with van der Waals surface area (Å²) in [7, 11) is -4.97. The molecule has 0 bridgehead atoms. The van der Waals surface area contributed by atoms with Gasteiger partial charge in [0.2, 0.25) is 15.9 Å². The second-order valence-electron chi connectivity index (χ2n) is 12.2. The van der Waals surface area contributed by atoms with Crippen LogP contribution in [0.15, 0.2) is 70.5 Å². The van der Waals surface area contributed by atoms with E-state index in [-0.39, 0.29) is 21.3 Å². The van der Waals surface area contributed by atoms with Gasteiger partial charge in [-0.15, -0.1) is 0 Å². The van der Waals surface area contributed by atoms with Crippen LogP contribution in [-0.2, 0) is 31.3 Å². The Labute approximate surface area is 283 Å². The van der Waals surface area contributed by atoms with Crippen molar-refractivity contribution in [1.29, 1.82) is 0 Å². The summed E-state index contributed by atoms with van der Waals surface area (Å²) >= 11 is 0. The molecular formula is C35H42N4O7S2. The highest BCUT2D eigenvalue weighted by atomic mass is 32.2. The van der Waals surface area contributed by atoms with E-state index in [4.69, 9.17) is 9.47 Å². The minimum Gasteiger partial charge on any atom is -0.493 e. The lowest BCUT2D eigenvalue weighted by atomic mass is 10.1. The lowest BCUT2D eigenvalue weighted by Gasteiger charge is -2.31. The zero-order chi connectivity index (χ0) is 33.9. The van der Waals surface area contributed by atoms with Crippen molar-refractivity contribution in [3.05, 3.63) is 71.8 Å². The van der Waals surface area contributed by atoms with Gasteiger partial charge >= 0.3 is 0 Å². The van der Waals surface area contributed by atoms with Gasteiger partial charge in [0.1, 0.15) is 4.90 Å². The smallest absolute Gasteiger partial charge is 0.268 e. The third-order valence-corrected chi connectivity index (χ3v) is 12.9. The maximum absolute atomic E-state index is 14.0. The fraction of sp³-hybridized carbons (Fsp3) is 0.400. The summed E-state index contributed by atoms with van der Waals surface area (Å²) in [4.78, 5) is 15.7. The summed E-state index contributed by atoms with van der Waals surface area (Å²) in [6, 6.07) is 15.4. The van der Waals surface area contributed by atoms with Gasteiger partial charge in [-0.25, -0.2) is 16.8 Å². The van der Waals surface area contributed by atoms with E-state index < -0.39 is 26.0 Å². The van der Waals surface area contributed by atoms with E-state index in [1.54, 1.807) is 36.4 Å². The Morgan fingerprint density at radius 1 is 0.771 bits per heavy atom. The molecule has 11 nitrogen and oxygen atoms in total. The van der Waals surface area contributed by atoms with E-state index in [0.717, 1.165) is 62.9 Å². The molecule has 13 heteroatoms. The van der Waals surface area contributed by atoms with Gasteiger partial charge in [-0.3, -0.25) is 9.10 Å². The number of nitrogens with zero attached hydrogens (tertiary/aromatic N) is 3. The van der Waals surface area contributed by atoms with Crippen LogP contribution in [0.2, 0.25) is 0 Å². The molecule has 0 aliphatic carbocycles. The molecule has 0 radical (unpaired) electrons. The standard InChI is InChI=1S/C35H42N4O7S2/c1-45-32-23-26(24-33(35(32)46-2)48(43,44)39-22-17-27-11-5-6-12-30(27)39)13-16-34(40)36-29-25-28(47(41,42)38-20-9-4-10-21-38)14-15-31(29)37-18-7-3-8-19-37/h5-6,11-16,23-25H,3-4,7-10,17-22H2,1-2H3,(H,36,40)/b16-13+. The average molecular weight is 695 g/mol. The molecule has 1 amide bonds. The Bertz CT molecular complexity index is 1920. The fourth-order valence-corrected chi connectivity index (χ4v) is 9.95. The lowest BCUT2D eigenvalue weighted by molar-refractivity contribution is -0.111. The molecule has 3 aliphatic heterocycles. The summed E-state index contributed by atoms with van der Waals surface area (Å²) in [6.45, 7) is 2.87. The molecule has 2 fully saturated rings. The molecule has 0 unspecified atom stereocenters. The number of carbonyl (C=O) groups excluding carboxylic acids is 1. The summed E-state index contributed by atoms with van der Waals surface area (Å²) in [5.74, 6) is -0.219. The maximum Gasteiger partial charge on any atom is 0.268 e. The molecule has 256 valence electrons. The van der Waals surface area contributed by atoms with E-state index >= 15 is 0 Å². The molecule has 1 N–H and O–H groups in total. The molecule has 0 aromatic heterocycles. The molecule has 3 heterocycles. The largest absolute Gasteiger partial charge is 0.493 e. The number of nitrogens with one attached hydrogen (secondary N) is 1. The number of sulfonamides is 2. The van der Waals surface area contributed by atoms with Gasteiger partial charge < -0.3 is 19.7 Å². The van der Waals surface area contributed by atoms with Crippen LogP contribution in [0, 0.1) is 0 Å². The SMILES string of the molecule is COc1cc(/C=C/C(=O)Nc2cc(S(=O)(=O)N3CCCCC3)ccc2N2CCCCC2)cc(S(=O)(=O)N2CCc3ccccc32)c1OC. The van der Waals surface area contributed by atoms with Gasteiger partial charge in [0, 0.05) is 38.8 Å². The quantitative estimate of drug-likeness (QED) is 0.285. The van der Waals surface area contributed by atoms with Gasteiger partial charge in [0.05, 0.1) is 36.2 Å². The van der Waals surface area contributed by atoms with Crippen molar-refractivity contribution in [3.63, 3.8) is 0 Å². The van der Waals surface area contributed by atoms with Crippen LogP contribution in [-0.4, -0.2) is 74.0 Å². The maximum atomic E-state index is 14.0. The van der Waals surface area contributed by atoms with Gasteiger partial charge in [-0.1, -0.05) is 24.6 Å². The van der Waals surface area contributed by atoms with Crippen LogP contribution in [0.1, 0.15) is 49.7 Å². The molecular weight excluding hydrogens is 653 g/mol. The first-order chi connectivity index (χ1) is 23.1. The first-order valence-corrected chi connectivity index (χ1v) is 19.3. The van der Waals surface area contributed by atoms with E-state index in [1.165, 1.54) is 41.0 Å². The number of methoxy groups -OCH3 is 2. The number of carbonyl (C=O) groups is 1. The van der Waals surface area contributed by atoms with Crippen molar-refractivity contribution < 1.29 is 31.1 Å². The summed E-state index contributed by atoms with van der Waals surface area (Å²) in [5, 5.41) is 2.91. The number of hydrogen-bond donors (Lipinski definition) is 1. The minimum atomic E-state index is -4.06. The number of rotatable bonds is 10. The Hall–Kier alpha value is -4.07. The average Bonchev–Trinajstić information content (AvgIpc) is 3.56. The molecule has 2 saturated heterocycles. The number of hydrogen-bond acceptors (Lipinski definition) is 8. The van der Waals surface area contributed by atoms with E-state index in [2.05, 4.69) is 10.2 Å². The Morgan fingerprint density at radius 2 is 1.48 bits per heavy atom. The first kappa shape index (κ1) is 33.8. The second-order valence-corrected chi connectivity index (χ2v) is 16.0. The number of piperidine rings is 2. The molecule has 3 aromatic rings. The number of amides is 1. The van der Waals surface area contributed by atoms with Crippen molar-refractivity contribution in [1.82, 2.24) is 4.31 Å². The normalized spacial score (nSPS) is 17.4. The Kier molecular flexibility index (Phi) is 10.00. The minimum absolute atomic E-state index is 0.0707. The van der Waals surface area contributed by atoms with Crippen LogP contribution < -0.4 is 24.0 Å². The van der Waals surface area contributed by atoms with Gasteiger partial charge in [0.25, 0.3) is 10.0 Å². The van der Waals surface area contributed by atoms with Crippen molar-refractivity contribution in [2.24, 2.45) is 0 Å². The molecule has 0 saturated carbocycles. The predicted molar refractivity (Wildman–Crippen MR) is 187 cm³/mol. The number of ether oxygens (including phenoxy) is 2. The molecule has 3 aromatic carbocycles. The third-order valence-electron chi connectivity index (χ3n) is 9.18. The van der Waals surface area contributed by atoms with Crippen molar-refractivity contribution in [2.45, 2.75) is 54.7 Å². The highest BCUT2D eigenvalue weighted by Gasteiger charge is 2.34. The third kappa shape index (κ3) is 6.76. The van der Waals surface area contributed by atoms with Crippen molar-refractivity contribution >= 4 is 49.1 Å². The van der Waals surface area contributed by atoms with Crippen molar-refractivity contribution in [3.8, 4) is 11.5 Å². The monoisotopic (exact) mass is 694 g/mol. The van der Waals surface area contributed by atoms with Crippen LogP contribution in [0.3, 0.4) is 0 Å². The van der Waals surface area contributed by atoms with Crippen LogP contribution in [0.25, 0.3) is 6.08 Å². The topological polar surface area (TPSA) is 126 Å². The van der Waals surface area contributed by atoms with Gasteiger partial charge in [-0.2, -0.15) is 4.31 Å². The Balaban J connectivity index is 1.30. The summed E-state index contributed by atoms with van der Waals surface area (Å²) in [6.07, 6.45) is 9.19. The highest BCUT2D eigenvalue weighted by Crippen LogP contribution is 2.41.